The quantitative estimate of drug-likeness (QED) is 0.807. The number of hydrogen-bond donors (Lipinski definition) is 2. The number of nitrogens with zero attached hydrogens (tertiary/aromatic N) is 2. The van der Waals surface area contributed by atoms with E-state index < -0.39 is 28.6 Å². The Bertz CT molecular complexity index is 689. The first kappa shape index (κ1) is 14.3. The summed E-state index contributed by atoms with van der Waals surface area (Å²) in [5.74, 6) is -0.625. The first-order valence-electron chi connectivity index (χ1n) is 5.68. The van der Waals surface area contributed by atoms with Crippen molar-refractivity contribution in [3.63, 3.8) is 0 Å². The molecule has 0 unspecified atom stereocenters. The lowest BCUT2D eigenvalue weighted by Gasteiger charge is -2.10. The Kier molecular flexibility index (Phi) is 3.91. The first-order chi connectivity index (χ1) is 9.38. The first-order valence-corrected chi connectivity index (χ1v) is 7.17. The van der Waals surface area contributed by atoms with Crippen molar-refractivity contribution in [2.45, 2.75) is 24.4 Å². The topological polar surface area (TPSA) is 114 Å². The highest BCUT2D eigenvalue weighted by atomic mass is 32.2. The molecular formula is C11H13N3O5S. The second-order valence-electron chi connectivity index (χ2n) is 4.13. The number of nitrogens with one attached hydrogen (secondary N) is 1. The third-order valence-electron chi connectivity index (χ3n) is 2.52. The molecule has 0 amide bonds. The molecule has 2 aromatic rings. The van der Waals surface area contributed by atoms with Gasteiger partial charge in [0, 0.05) is 6.20 Å². The second kappa shape index (κ2) is 5.47. The molecule has 0 saturated carbocycles. The molecule has 0 aliphatic rings. The Morgan fingerprint density at radius 3 is 2.95 bits per heavy atom. The summed E-state index contributed by atoms with van der Waals surface area (Å²) in [6.07, 6.45) is 3.70. The maximum absolute atomic E-state index is 12.1. The van der Waals surface area contributed by atoms with Crippen LogP contribution < -0.4 is 4.72 Å². The lowest BCUT2D eigenvalue weighted by molar-refractivity contribution is -0.137. The fourth-order valence-corrected chi connectivity index (χ4v) is 2.77. The minimum atomic E-state index is -3.79. The van der Waals surface area contributed by atoms with Crippen LogP contribution in [0.5, 0.6) is 0 Å². The summed E-state index contributed by atoms with van der Waals surface area (Å²) in [6, 6.07) is 2.77. The third-order valence-corrected chi connectivity index (χ3v) is 4.01. The van der Waals surface area contributed by atoms with E-state index in [9.17, 15) is 13.2 Å². The summed E-state index contributed by atoms with van der Waals surface area (Å²) in [5, 5.41) is 12.3. The largest absolute Gasteiger partial charge is 0.480 e. The van der Waals surface area contributed by atoms with Crippen LogP contribution in [0.2, 0.25) is 0 Å². The van der Waals surface area contributed by atoms with Gasteiger partial charge < -0.3 is 9.52 Å². The van der Waals surface area contributed by atoms with Crippen molar-refractivity contribution in [2.75, 3.05) is 0 Å². The summed E-state index contributed by atoms with van der Waals surface area (Å²) in [7, 11) is -3.79. The van der Waals surface area contributed by atoms with Gasteiger partial charge in [-0.3, -0.25) is 9.48 Å². The number of carbonyl (C=O) groups is 1. The number of hydrogen-bond acceptors (Lipinski definition) is 5. The van der Waals surface area contributed by atoms with Crippen LogP contribution in [0.1, 0.15) is 18.7 Å². The minimum absolute atomic E-state index is 0.0999. The van der Waals surface area contributed by atoms with Gasteiger partial charge >= 0.3 is 5.97 Å². The van der Waals surface area contributed by atoms with E-state index in [1.54, 1.807) is 19.1 Å². The smallest absolute Gasteiger partial charge is 0.325 e. The Morgan fingerprint density at radius 1 is 1.60 bits per heavy atom. The van der Waals surface area contributed by atoms with Crippen LogP contribution in [0.15, 0.2) is 40.1 Å². The SMILES string of the molecule is C[C@H](NS(=O)(=O)c1cnn(CC(=O)O)c1)c1ccco1. The number of carboxylic acids is 1. The maximum Gasteiger partial charge on any atom is 0.325 e. The van der Waals surface area contributed by atoms with Crippen molar-refractivity contribution in [2.24, 2.45) is 0 Å². The van der Waals surface area contributed by atoms with Crippen molar-refractivity contribution in [1.29, 1.82) is 0 Å². The van der Waals surface area contributed by atoms with Gasteiger partial charge in [0.15, 0.2) is 0 Å². The number of rotatable bonds is 6. The lowest BCUT2D eigenvalue weighted by Crippen LogP contribution is -2.26. The fraction of sp³-hybridized carbons (Fsp3) is 0.273. The molecule has 9 heteroatoms. The summed E-state index contributed by atoms with van der Waals surface area (Å²) in [5.41, 5.74) is 0. The molecule has 108 valence electrons. The molecule has 0 aliphatic carbocycles. The van der Waals surface area contributed by atoms with Crippen molar-refractivity contribution < 1.29 is 22.7 Å². The molecule has 0 spiro atoms. The van der Waals surface area contributed by atoms with Crippen LogP contribution in [0.25, 0.3) is 0 Å². The van der Waals surface area contributed by atoms with Crippen LogP contribution in [-0.4, -0.2) is 29.3 Å². The van der Waals surface area contributed by atoms with Gasteiger partial charge in [0.25, 0.3) is 0 Å². The van der Waals surface area contributed by atoms with Gasteiger partial charge in [-0.15, -0.1) is 0 Å². The Labute approximate surface area is 115 Å². The highest BCUT2D eigenvalue weighted by molar-refractivity contribution is 7.89. The third kappa shape index (κ3) is 3.25. The Balaban J connectivity index is 2.14. The standard InChI is InChI=1S/C11H13N3O5S/c1-8(10-3-2-4-19-10)13-20(17,18)9-5-12-14(6-9)7-11(15)16/h2-6,8,13H,7H2,1H3,(H,15,16)/t8-/m0/s1. The molecule has 2 rings (SSSR count). The van der Waals surface area contributed by atoms with E-state index >= 15 is 0 Å². The lowest BCUT2D eigenvalue weighted by atomic mass is 10.3. The van der Waals surface area contributed by atoms with E-state index in [0.29, 0.717) is 5.76 Å². The van der Waals surface area contributed by atoms with E-state index in [1.807, 2.05) is 0 Å². The highest BCUT2D eigenvalue weighted by Gasteiger charge is 2.21. The van der Waals surface area contributed by atoms with Crippen LogP contribution >= 0.6 is 0 Å². The molecule has 2 heterocycles. The van der Waals surface area contributed by atoms with Gasteiger partial charge in [-0.25, -0.2) is 13.1 Å². The predicted octanol–water partition coefficient (Wildman–Crippen LogP) is 0.600. The molecule has 0 radical (unpaired) electrons. The monoisotopic (exact) mass is 299 g/mol. The molecule has 8 nitrogen and oxygen atoms in total. The number of sulfonamides is 1. The summed E-state index contributed by atoms with van der Waals surface area (Å²) in [6.45, 7) is 1.24. The predicted molar refractivity (Wildman–Crippen MR) is 67.3 cm³/mol. The minimum Gasteiger partial charge on any atom is -0.480 e. The van der Waals surface area contributed by atoms with Crippen LogP contribution in [0.3, 0.4) is 0 Å². The summed E-state index contributed by atoms with van der Waals surface area (Å²) < 4.78 is 32.7. The van der Waals surface area contributed by atoms with Crippen molar-refractivity contribution in [3.05, 3.63) is 36.5 Å². The molecule has 2 N–H and O–H groups in total. The number of aliphatic carboxylic acids is 1. The number of carboxylic acid groups (broad SMARTS) is 1. The van der Waals surface area contributed by atoms with E-state index in [-0.39, 0.29) is 4.90 Å². The summed E-state index contributed by atoms with van der Waals surface area (Å²) in [4.78, 5) is 10.4. The normalized spacial score (nSPS) is 13.2. The molecule has 2 aromatic heterocycles. The zero-order valence-electron chi connectivity index (χ0n) is 10.6. The Hall–Kier alpha value is -2.13. The highest BCUT2D eigenvalue weighted by Crippen LogP contribution is 2.16. The van der Waals surface area contributed by atoms with Crippen molar-refractivity contribution in [1.82, 2.24) is 14.5 Å². The number of aromatic nitrogens is 2. The van der Waals surface area contributed by atoms with Gasteiger partial charge in [0.05, 0.1) is 18.5 Å². The molecular weight excluding hydrogens is 286 g/mol. The van der Waals surface area contributed by atoms with Crippen LogP contribution in [0, 0.1) is 0 Å². The maximum atomic E-state index is 12.1. The summed E-state index contributed by atoms with van der Waals surface area (Å²) >= 11 is 0. The van der Waals surface area contributed by atoms with E-state index in [4.69, 9.17) is 9.52 Å². The van der Waals surface area contributed by atoms with Gasteiger partial charge in [0.1, 0.15) is 17.2 Å². The molecule has 0 fully saturated rings. The van der Waals surface area contributed by atoms with Crippen LogP contribution in [-0.2, 0) is 21.4 Å². The van der Waals surface area contributed by atoms with Crippen LogP contribution in [0.4, 0.5) is 0 Å². The average molecular weight is 299 g/mol. The zero-order valence-corrected chi connectivity index (χ0v) is 11.4. The average Bonchev–Trinajstić information content (AvgIpc) is 2.97. The molecule has 0 saturated heterocycles. The van der Waals surface area contributed by atoms with Gasteiger partial charge in [-0.2, -0.15) is 5.10 Å². The van der Waals surface area contributed by atoms with Gasteiger partial charge in [-0.05, 0) is 19.1 Å². The molecule has 0 bridgehead atoms. The molecule has 1 atom stereocenters. The zero-order chi connectivity index (χ0) is 14.8. The van der Waals surface area contributed by atoms with E-state index in [2.05, 4.69) is 9.82 Å². The second-order valence-corrected chi connectivity index (χ2v) is 5.84. The molecule has 0 aliphatic heterocycles. The van der Waals surface area contributed by atoms with Gasteiger partial charge in [0.2, 0.25) is 10.0 Å². The van der Waals surface area contributed by atoms with Crippen molar-refractivity contribution >= 4 is 16.0 Å². The number of furan rings is 1. The fourth-order valence-electron chi connectivity index (χ4n) is 1.60. The molecule has 20 heavy (non-hydrogen) atoms. The Morgan fingerprint density at radius 2 is 2.35 bits per heavy atom. The van der Waals surface area contributed by atoms with Crippen molar-refractivity contribution in [3.8, 4) is 0 Å². The van der Waals surface area contributed by atoms with E-state index in [1.165, 1.54) is 6.26 Å². The molecule has 0 aromatic carbocycles. The van der Waals surface area contributed by atoms with E-state index in [0.717, 1.165) is 17.1 Å². The van der Waals surface area contributed by atoms with Gasteiger partial charge in [-0.1, -0.05) is 0 Å².